The minimum absolute atomic E-state index is 0.0452. The van der Waals surface area contributed by atoms with Gasteiger partial charge < -0.3 is 25.6 Å². The van der Waals surface area contributed by atoms with E-state index >= 15 is 0 Å². The quantitative estimate of drug-likeness (QED) is 0.209. The molecule has 2 aromatic carbocycles. The number of hydrogen-bond donors (Lipinski definition) is 3. The lowest BCUT2D eigenvalue weighted by molar-refractivity contribution is -0.265. The molecule has 15 heteroatoms. The summed E-state index contributed by atoms with van der Waals surface area (Å²) in [5.74, 6) is -4.47. The molecule has 0 unspecified atom stereocenters. The first-order chi connectivity index (χ1) is 21.2. The number of primary amides is 1. The first-order valence-electron chi connectivity index (χ1n) is 13.8. The largest absolute Gasteiger partial charge is 0.494 e. The third-order valence-corrected chi connectivity index (χ3v) is 7.29. The number of aromatic nitrogens is 3. The summed E-state index contributed by atoms with van der Waals surface area (Å²) in [7, 11) is 1.36. The summed E-state index contributed by atoms with van der Waals surface area (Å²) in [6.07, 6.45) is -2.47. The fourth-order valence-electron chi connectivity index (χ4n) is 4.84. The number of nitrogens with one attached hydrogen (secondary N) is 1. The van der Waals surface area contributed by atoms with E-state index in [1.54, 1.807) is 17.8 Å². The summed E-state index contributed by atoms with van der Waals surface area (Å²) in [4.78, 5) is 29.0. The van der Waals surface area contributed by atoms with Gasteiger partial charge in [-0.1, -0.05) is 0 Å². The summed E-state index contributed by atoms with van der Waals surface area (Å²) < 4.78 is 84.4. The lowest BCUT2D eigenvalue weighted by Crippen LogP contribution is -2.51. The Kier molecular flexibility index (Phi) is 8.40. The fourth-order valence-corrected chi connectivity index (χ4v) is 4.84. The number of hydrogen-bond acceptors (Lipinski definition) is 7. The van der Waals surface area contributed by atoms with Gasteiger partial charge in [0.1, 0.15) is 22.7 Å². The minimum atomic E-state index is -5.43. The van der Waals surface area contributed by atoms with Crippen molar-refractivity contribution in [3.05, 3.63) is 71.1 Å². The Morgan fingerprint density at radius 3 is 2.47 bits per heavy atom. The van der Waals surface area contributed by atoms with Gasteiger partial charge in [0.2, 0.25) is 11.5 Å². The second kappa shape index (κ2) is 12.0. The zero-order chi connectivity index (χ0) is 32.7. The van der Waals surface area contributed by atoms with Crippen LogP contribution in [0.25, 0.3) is 22.2 Å². The summed E-state index contributed by atoms with van der Waals surface area (Å²) >= 11 is 0. The molecular formula is C30H28F5N5O5. The van der Waals surface area contributed by atoms with Gasteiger partial charge in [0.05, 0.1) is 38.4 Å². The number of halogens is 5. The van der Waals surface area contributed by atoms with Gasteiger partial charge in [-0.15, -0.1) is 0 Å². The highest BCUT2D eigenvalue weighted by atomic mass is 19.4. The molecule has 1 aliphatic carbocycles. The summed E-state index contributed by atoms with van der Waals surface area (Å²) in [6, 6.07) is 6.21. The minimum Gasteiger partial charge on any atom is -0.494 e. The molecule has 2 heterocycles. The van der Waals surface area contributed by atoms with Gasteiger partial charge in [-0.25, -0.2) is 13.8 Å². The number of benzene rings is 2. The van der Waals surface area contributed by atoms with Gasteiger partial charge in [-0.05, 0) is 56.2 Å². The molecule has 0 aliphatic heterocycles. The van der Waals surface area contributed by atoms with Crippen molar-refractivity contribution in [3.63, 3.8) is 0 Å². The van der Waals surface area contributed by atoms with Crippen LogP contribution >= 0.6 is 0 Å². The predicted molar refractivity (Wildman–Crippen MR) is 150 cm³/mol. The molecule has 0 saturated heterocycles. The maximum absolute atomic E-state index is 14.6. The van der Waals surface area contributed by atoms with E-state index in [0.717, 1.165) is 31.0 Å². The average molecular weight is 634 g/mol. The van der Waals surface area contributed by atoms with Crippen molar-refractivity contribution in [1.82, 2.24) is 20.1 Å². The van der Waals surface area contributed by atoms with E-state index in [1.807, 2.05) is 0 Å². The van der Waals surface area contributed by atoms with Crippen LogP contribution in [0.2, 0.25) is 0 Å². The number of carbonyl (C=O) groups excluding carboxylic acids is 2. The van der Waals surface area contributed by atoms with Gasteiger partial charge >= 0.3 is 6.18 Å². The fraction of sp³-hybridized carbons (Fsp3) is 0.333. The van der Waals surface area contributed by atoms with Crippen molar-refractivity contribution in [2.24, 2.45) is 5.73 Å². The van der Waals surface area contributed by atoms with E-state index in [-0.39, 0.29) is 40.8 Å². The van der Waals surface area contributed by atoms with Gasteiger partial charge in [0.15, 0.2) is 11.6 Å². The first-order valence-corrected chi connectivity index (χ1v) is 13.8. The van der Waals surface area contributed by atoms with Crippen LogP contribution in [0.3, 0.4) is 0 Å². The normalized spacial score (nSPS) is 14.7. The molecule has 5 rings (SSSR count). The SMILES string of the molecule is CCOc1c(CC(N)=O)cc([C@@](O)(CNC(=O)c2cc(OC)c3nn(C4CC4)cc3c2)C(F)(F)F)nc1-c1ccc(F)c(F)c1. The molecule has 1 fully saturated rings. The van der Waals surface area contributed by atoms with Crippen LogP contribution in [0, 0.1) is 11.6 Å². The number of amides is 2. The molecule has 0 bridgehead atoms. The molecule has 0 spiro atoms. The van der Waals surface area contributed by atoms with Gasteiger partial charge in [-0.3, -0.25) is 14.3 Å². The topological polar surface area (TPSA) is 142 Å². The summed E-state index contributed by atoms with van der Waals surface area (Å²) in [5, 5.41) is 18.3. The molecule has 4 N–H and O–H groups in total. The van der Waals surface area contributed by atoms with Gasteiger partial charge in [0.25, 0.3) is 5.91 Å². The van der Waals surface area contributed by atoms with Crippen LogP contribution in [0.1, 0.15) is 47.4 Å². The molecule has 2 amide bonds. The van der Waals surface area contributed by atoms with Crippen LogP contribution in [0.15, 0.2) is 42.6 Å². The lowest BCUT2D eigenvalue weighted by Gasteiger charge is -2.31. The van der Waals surface area contributed by atoms with Crippen LogP contribution in [-0.2, 0) is 16.8 Å². The maximum atomic E-state index is 14.6. The molecule has 4 aromatic rings. The third-order valence-electron chi connectivity index (χ3n) is 7.29. The number of alkyl halides is 3. The van der Waals surface area contributed by atoms with Crippen molar-refractivity contribution in [1.29, 1.82) is 0 Å². The Morgan fingerprint density at radius 1 is 1.13 bits per heavy atom. The second-order valence-corrected chi connectivity index (χ2v) is 10.5. The third kappa shape index (κ3) is 6.25. The number of aliphatic hydroxyl groups is 1. The molecule has 45 heavy (non-hydrogen) atoms. The monoisotopic (exact) mass is 633 g/mol. The number of nitrogens with zero attached hydrogens (tertiary/aromatic N) is 3. The Labute approximate surface area is 252 Å². The van der Waals surface area contributed by atoms with E-state index in [0.29, 0.717) is 17.0 Å². The van der Waals surface area contributed by atoms with Crippen LogP contribution in [0.5, 0.6) is 11.5 Å². The van der Waals surface area contributed by atoms with Crippen molar-refractivity contribution >= 4 is 22.7 Å². The van der Waals surface area contributed by atoms with E-state index in [4.69, 9.17) is 15.2 Å². The summed E-state index contributed by atoms with van der Waals surface area (Å²) in [6.45, 7) is 0.0868. The van der Waals surface area contributed by atoms with Crippen molar-refractivity contribution in [3.8, 4) is 22.8 Å². The summed E-state index contributed by atoms with van der Waals surface area (Å²) in [5.41, 5.74) is 0.0528. The smallest absolute Gasteiger partial charge is 0.424 e. The molecule has 0 radical (unpaired) electrons. The number of nitrogens with two attached hydrogens (primary N) is 1. The Bertz CT molecular complexity index is 1790. The van der Waals surface area contributed by atoms with Crippen molar-refractivity contribution < 1.29 is 46.1 Å². The number of ether oxygens (including phenoxy) is 2. The van der Waals surface area contributed by atoms with Crippen molar-refractivity contribution in [2.75, 3.05) is 20.3 Å². The molecule has 2 aromatic heterocycles. The highest BCUT2D eigenvalue weighted by molar-refractivity contribution is 6.00. The number of fused-ring (bicyclic) bond motifs is 1. The van der Waals surface area contributed by atoms with Crippen molar-refractivity contribution in [2.45, 2.75) is 44.0 Å². The molecule has 1 saturated carbocycles. The second-order valence-electron chi connectivity index (χ2n) is 10.5. The van der Waals surface area contributed by atoms with E-state index in [2.05, 4.69) is 15.4 Å². The van der Waals surface area contributed by atoms with Crippen LogP contribution < -0.4 is 20.5 Å². The zero-order valence-corrected chi connectivity index (χ0v) is 24.0. The average Bonchev–Trinajstić information content (AvgIpc) is 3.75. The first kappa shape index (κ1) is 31.6. The zero-order valence-electron chi connectivity index (χ0n) is 24.0. The van der Waals surface area contributed by atoms with E-state index in [9.17, 15) is 36.6 Å². The standard InChI is InChI=1S/C30H28F5N5O5/c1-3-45-27-16(12-24(36)41)11-23(38-26(27)15-4-7-20(31)21(32)9-15)29(43,30(33,34)35)14-37-28(42)17-8-18-13-40(19-5-6-19)39-25(18)22(10-17)44-2/h4,7-11,13,19,43H,3,5-6,12,14H2,1-2H3,(H2,36,41)(H,37,42)/t29-/m0/s1. The molecule has 1 atom stereocenters. The van der Waals surface area contributed by atoms with E-state index < -0.39 is 59.6 Å². The number of rotatable bonds is 11. The van der Waals surface area contributed by atoms with Crippen LogP contribution in [-0.4, -0.2) is 58.1 Å². The molecule has 238 valence electrons. The predicted octanol–water partition coefficient (Wildman–Crippen LogP) is 4.33. The highest BCUT2D eigenvalue weighted by Crippen LogP contribution is 2.42. The maximum Gasteiger partial charge on any atom is 0.424 e. The van der Waals surface area contributed by atoms with E-state index in [1.165, 1.54) is 19.2 Å². The lowest BCUT2D eigenvalue weighted by atomic mass is 9.93. The molecule has 10 nitrogen and oxygen atoms in total. The molecular weight excluding hydrogens is 605 g/mol. The highest BCUT2D eigenvalue weighted by Gasteiger charge is 2.56. The number of carbonyl (C=O) groups is 2. The van der Waals surface area contributed by atoms with Gasteiger partial charge in [-0.2, -0.15) is 18.3 Å². The van der Waals surface area contributed by atoms with Gasteiger partial charge in [0, 0.05) is 28.3 Å². The molecule has 1 aliphatic rings. The van der Waals surface area contributed by atoms with Crippen LogP contribution in [0.4, 0.5) is 22.0 Å². The Hall–Kier alpha value is -4.79. The Morgan fingerprint density at radius 2 is 1.87 bits per heavy atom. The Balaban J connectivity index is 1.56. The number of pyridine rings is 1. The number of methoxy groups -OCH3 is 1.